The fraction of sp³-hybridized carbons (Fsp3) is 0.500. The van der Waals surface area contributed by atoms with Crippen molar-refractivity contribution in [2.75, 3.05) is 31.6 Å². The highest BCUT2D eigenvalue weighted by Crippen LogP contribution is 2.24. The van der Waals surface area contributed by atoms with E-state index in [0.717, 1.165) is 18.7 Å². The number of rotatable bonds is 2. The summed E-state index contributed by atoms with van der Waals surface area (Å²) in [6.45, 7) is 3.13. The van der Waals surface area contributed by atoms with E-state index in [1.807, 2.05) is 6.07 Å². The van der Waals surface area contributed by atoms with Crippen LogP contribution in [0.3, 0.4) is 0 Å². The van der Waals surface area contributed by atoms with Gasteiger partial charge in [-0.15, -0.1) is 24.8 Å². The highest BCUT2D eigenvalue weighted by atomic mass is 35.5. The van der Waals surface area contributed by atoms with Crippen molar-refractivity contribution in [3.63, 3.8) is 0 Å². The van der Waals surface area contributed by atoms with Crippen LogP contribution >= 0.6 is 24.8 Å². The number of fused-ring (bicyclic) bond motifs is 1. The zero-order chi connectivity index (χ0) is 13.9. The Kier molecular flexibility index (Phi) is 7.52. The summed E-state index contributed by atoms with van der Waals surface area (Å²) in [5.41, 5.74) is 1.90. The Labute approximate surface area is 141 Å². The van der Waals surface area contributed by atoms with Crippen LogP contribution in [-0.2, 0) is 22.5 Å². The molecule has 0 spiro atoms. The highest BCUT2D eigenvalue weighted by molar-refractivity contribution is 5.94. The predicted octanol–water partition coefficient (Wildman–Crippen LogP) is 1.24. The lowest BCUT2D eigenvalue weighted by Crippen LogP contribution is -2.45. The van der Waals surface area contributed by atoms with Crippen LogP contribution in [0.25, 0.3) is 0 Å². The number of halogens is 3. The molecule has 1 amide bonds. The van der Waals surface area contributed by atoms with Crippen molar-refractivity contribution in [1.29, 1.82) is 0 Å². The number of hydrogen-bond donors (Lipinski definition) is 3. The number of ether oxygens (including phenoxy) is 1. The molecule has 22 heavy (non-hydrogen) atoms. The molecule has 1 aromatic rings. The second kappa shape index (κ2) is 8.64. The zero-order valence-corrected chi connectivity index (χ0v) is 13.6. The summed E-state index contributed by atoms with van der Waals surface area (Å²) in [5, 5.41) is 8.91. The van der Waals surface area contributed by atoms with E-state index in [1.165, 1.54) is 0 Å². The number of morpholine rings is 1. The molecule has 0 unspecified atom stereocenters. The first kappa shape index (κ1) is 19.1. The van der Waals surface area contributed by atoms with E-state index in [-0.39, 0.29) is 42.2 Å². The summed E-state index contributed by atoms with van der Waals surface area (Å²) in [7, 11) is 0. The third kappa shape index (κ3) is 4.08. The molecule has 1 aromatic carbocycles. The molecule has 0 aliphatic carbocycles. The maximum atomic E-state index is 14.4. The van der Waals surface area contributed by atoms with Gasteiger partial charge in [0, 0.05) is 19.6 Å². The molecule has 2 heterocycles. The van der Waals surface area contributed by atoms with Gasteiger partial charge in [-0.3, -0.25) is 4.79 Å². The Bertz CT molecular complexity index is 525. The molecule has 1 fully saturated rings. The van der Waals surface area contributed by atoms with Crippen molar-refractivity contribution in [2.45, 2.75) is 19.1 Å². The summed E-state index contributed by atoms with van der Waals surface area (Å²) < 4.78 is 19.7. The number of nitrogens with one attached hydrogen (secondary N) is 3. The van der Waals surface area contributed by atoms with E-state index >= 15 is 0 Å². The molecule has 0 aromatic heterocycles. The lowest BCUT2D eigenvalue weighted by atomic mass is 9.99. The van der Waals surface area contributed by atoms with Crippen LogP contribution in [-0.4, -0.2) is 38.3 Å². The minimum absolute atomic E-state index is 0. The maximum Gasteiger partial charge on any atom is 0.254 e. The minimum atomic E-state index is -0.555. The van der Waals surface area contributed by atoms with Gasteiger partial charge in [0.15, 0.2) is 0 Å². The summed E-state index contributed by atoms with van der Waals surface area (Å²) in [5.74, 6) is -0.619. The molecule has 2 aliphatic heterocycles. The molecule has 5 nitrogen and oxygen atoms in total. The fourth-order valence-electron chi connectivity index (χ4n) is 2.58. The SMILES string of the molecule is Cl.Cl.O=C(Nc1ccc2c(c1F)CCNC2)[C@H]1CNCCO1. The van der Waals surface area contributed by atoms with Gasteiger partial charge in [-0.1, -0.05) is 6.07 Å². The second-order valence-electron chi connectivity index (χ2n) is 5.04. The van der Waals surface area contributed by atoms with E-state index in [0.29, 0.717) is 31.7 Å². The Balaban J connectivity index is 0.00000121. The Morgan fingerprint density at radius 1 is 1.27 bits per heavy atom. The van der Waals surface area contributed by atoms with Crippen molar-refractivity contribution >= 4 is 36.4 Å². The number of anilines is 1. The maximum absolute atomic E-state index is 14.4. The van der Waals surface area contributed by atoms with Crippen molar-refractivity contribution in [3.8, 4) is 0 Å². The zero-order valence-electron chi connectivity index (χ0n) is 12.0. The molecule has 2 aliphatic rings. The summed E-state index contributed by atoms with van der Waals surface area (Å²) >= 11 is 0. The standard InChI is InChI=1S/C14H18FN3O2.2ClH/c15-13-10-3-4-16-7-9(10)1-2-11(13)18-14(19)12-8-17-5-6-20-12;;/h1-2,12,16-17H,3-8H2,(H,18,19);2*1H/t12-;;/m1../s1. The Hall–Kier alpha value is -0.920. The lowest BCUT2D eigenvalue weighted by molar-refractivity contribution is -0.128. The highest BCUT2D eigenvalue weighted by Gasteiger charge is 2.24. The largest absolute Gasteiger partial charge is 0.366 e. The van der Waals surface area contributed by atoms with E-state index in [1.54, 1.807) is 6.07 Å². The van der Waals surface area contributed by atoms with Gasteiger partial charge in [0.2, 0.25) is 0 Å². The Morgan fingerprint density at radius 3 is 2.82 bits per heavy atom. The number of benzene rings is 1. The van der Waals surface area contributed by atoms with Gasteiger partial charge in [-0.2, -0.15) is 0 Å². The monoisotopic (exact) mass is 351 g/mol. The molecular weight excluding hydrogens is 332 g/mol. The first-order valence-electron chi connectivity index (χ1n) is 6.90. The molecule has 1 saturated heterocycles. The molecule has 124 valence electrons. The molecule has 3 N–H and O–H groups in total. The van der Waals surface area contributed by atoms with Gasteiger partial charge in [-0.05, 0) is 30.2 Å². The first-order chi connectivity index (χ1) is 9.75. The van der Waals surface area contributed by atoms with Crippen LogP contribution in [0.15, 0.2) is 12.1 Å². The average Bonchev–Trinajstić information content (AvgIpc) is 2.51. The van der Waals surface area contributed by atoms with Gasteiger partial charge >= 0.3 is 0 Å². The van der Waals surface area contributed by atoms with Crippen molar-refractivity contribution < 1.29 is 13.9 Å². The normalized spacial score (nSPS) is 20.1. The number of amides is 1. The summed E-state index contributed by atoms with van der Waals surface area (Å²) in [6.07, 6.45) is 0.0904. The van der Waals surface area contributed by atoms with Crippen LogP contribution in [0.2, 0.25) is 0 Å². The summed E-state index contributed by atoms with van der Waals surface area (Å²) in [6, 6.07) is 3.48. The smallest absolute Gasteiger partial charge is 0.254 e. The fourth-order valence-corrected chi connectivity index (χ4v) is 2.58. The van der Waals surface area contributed by atoms with Gasteiger partial charge in [0.25, 0.3) is 5.91 Å². The third-order valence-corrected chi connectivity index (χ3v) is 3.69. The minimum Gasteiger partial charge on any atom is -0.366 e. The first-order valence-corrected chi connectivity index (χ1v) is 6.90. The molecule has 8 heteroatoms. The summed E-state index contributed by atoms with van der Waals surface area (Å²) in [4.78, 5) is 12.0. The van der Waals surface area contributed by atoms with Crippen molar-refractivity contribution in [2.24, 2.45) is 0 Å². The topological polar surface area (TPSA) is 62.4 Å². The van der Waals surface area contributed by atoms with Crippen LogP contribution in [0, 0.1) is 5.82 Å². The molecular formula is C14H20Cl2FN3O2. The van der Waals surface area contributed by atoms with Gasteiger partial charge in [0.05, 0.1) is 12.3 Å². The molecule has 0 bridgehead atoms. The van der Waals surface area contributed by atoms with E-state index < -0.39 is 6.10 Å². The number of carbonyl (C=O) groups excluding carboxylic acids is 1. The second-order valence-corrected chi connectivity index (χ2v) is 5.04. The van der Waals surface area contributed by atoms with Crippen molar-refractivity contribution in [1.82, 2.24) is 10.6 Å². The van der Waals surface area contributed by atoms with Crippen LogP contribution in [0.1, 0.15) is 11.1 Å². The lowest BCUT2D eigenvalue weighted by Gasteiger charge is -2.24. The molecule has 1 atom stereocenters. The number of hydrogen-bond acceptors (Lipinski definition) is 4. The van der Waals surface area contributed by atoms with Crippen LogP contribution < -0.4 is 16.0 Å². The molecule has 3 rings (SSSR count). The van der Waals surface area contributed by atoms with Crippen molar-refractivity contribution in [3.05, 3.63) is 29.1 Å². The number of carbonyl (C=O) groups is 1. The third-order valence-electron chi connectivity index (χ3n) is 3.69. The molecule has 0 radical (unpaired) electrons. The molecule has 0 saturated carbocycles. The Morgan fingerprint density at radius 2 is 2.09 bits per heavy atom. The average molecular weight is 352 g/mol. The van der Waals surface area contributed by atoms with Gasteiger partial charge in [0.1, 0.15) is 11.9 Å². The van der Waals surface area contributed by atoms with Crippen LogP contribution in [0.5, 0.6) is 0 Å². The van der Waals surface area contributed by atoms with Crippen LogP contribution in [0.4, 0.5) is 10.1 Å². The predicted molar refractivity (Wildman–Crippen MR) is 87.5 cm³/mol. The van der Waals surface area contributed by atoms with Gasteiger partial charge in [-0.25, -0.2) is 4.39 Å². The van der Waals surface area contributed by atoms with E-state index in [4.69, 9.17) is 4.74 Å². The van der Waals surface area contributed by atoms with E-state index in [9.17, 15) is 9.18 Å². The van der Waals surface area contributed by atoms with Gasteiger partial charge < -0.3 is 20.7 Å². The van der Waals surface area contributed by atoms with E-state index in [2.05, 4.69) is 16.0 Å². The quantitative estimate of drug-likeness (QED) is 0.750.